The Morgan fingerprint density at radius 2 is 2.00 bits per heavy atom. The molecule has 0 aliphatic rings. The minimum absolute atomic E-state index is 0.0881. The molecule has 0 fully saturated rings. The van der Waals surface area contributed by atoms with Crippen molar-refractivity contribution in [2.75, 3.05) is 6.54 Å². The standard InChI is InChI=1S/C14H14F2INS/c1-2-5-18-14(10-7-13(17)19-8-10)9-3-4-11(15)12(16)6-9/h3-4,6-8,14,18H,2,5H2,1H3. The van der Waals surface area contributed by atoms with Crippen molar-refractivity contribution < 1.29 is 8.78 Å². The minimum atomic E-state index is -0.808. The Morgan fingerprint density at radius 1 is 1.21 bits per heavy atom. The van der Waals surface area contributed by atoms with Crippen LogP contribution in [-0.2, 0) is 0 Å². The molecule has 0 aliphatic carbocycles. The van der Waals surface area contributed by atoms with E-state index in [1.807, 2.05) is 0 Å². The summed E-state index contributed by atoms with van der Waals surface area (Å²) < 4.78 is 27.6. The summed E-state index contributed by atoms with van der Waals surface area (Å²) in [7, 11) is 0. The van der Waals surface area contributed by atoms with E-state index in [-0.39, 0.29) is 6.04 Å². The number of rotatable bonds is 5. The quantitative estimate of drug-likeness (QED) is 0.725. The van der Waals surface area contributed by atoms with Gasteiger partial charge >= 0.3 is 0 Å². The molecule has 0 bridgehead atoms. The summed E-state index contributed by atoms with van der Waals surface area (Å²) in [5.41, 5.74) is 1.84. The van der Waals surface area contributed by atoms with E-state index in [0.717, 1.165) is 24.1 Å². The van der Waals surface area contributed by atoms with Gasteiger partial charge in [0.2, 0.25) is 0 Å². The van der Waals surface area contributed by atoms with Gasteiger partial charge in [-0.2, -0.15) is 0 Å². The zero-order valence-electron chi connectivity index (χ0n) is 10.4. The molecular formula is C14H14F2INS. The number of benzene rings is 1. The third kappa shape index (κ3) is 3.73. The molecule has 102 valence electrons. The van der Waals surface area contributed by atoms with Gasteiger partial charge in [0.05, 0.1) is 8.93 Å². The predicted octanol–water partition coefficient (Wildman–Crippen LogP) is 4.72. The molecule has 1 N–H and O–H groups in total. The van der Waals surface area contributed by atoms with Gasteiger partial charge in [0.15, 0.2) is 11.6 Å². The van der Waals surface area contributed by atoms with Crippen LogP contribution in [-0.4, -0.2) is 6.54 Å². The second-order valence-electron chi connectivity index (χ2n) is 4.24. The Hall–Kier alpha value is -0.530. The van der Waals surface area contributed by atoms with Crippen LogP contribution in [0.4, 0.5) is 8.78 Å². The molecule has 19 heavy (non-hydrogen) atoms. The molecule has 1 atom stereocenters. The van der Waals surface area contributed by atoms with E-state index < -0.39 is 11.6 Å². The maximum atomic E-state index is 13.4. The average molecular weight is 393 g/mol. The average Bonchev–Trinajstić information content (AvgIpc) is 2.80. The molecule has 1 nitrogen and oxygen atoms in total. The Morgan fingerprint density at radius 3 is 2.58 bits per heavy atom. The lowest BCUT2D eigenvalue weighted by Crippen LogP contribution is -2.23. The fourth-order valence-corrected chi connectivity index (χ4v) is 3.28. The lowest BCUT2D eigenvalue weighted by atomic mass is 10.0. The van der Waals surface area contributed by atoms with Crippen LogP contribution in [0, 0.1) is 14.5 Å². The van der Waals surface area contributed by atoms with Crippen molar-refractivity contribution in [1.29, 1.82) is 0 Å². The summed E-state index contributed by atoms with van der Waals surface area (Å²) in [4.78, 5) is 0. The van der Waals surface area contributed by atoms with Crippen molar-refractivity contribution in [1.82, 2.24) is 5.32 Å². The fraction of sp³-hybridized carbons (Fsp3) is 0.286. The molecule has 1 unspecified atom stereocenters. The van der Waals surface area contributed by atoms with Gasteiger partial charge in [0.25, 0.3) is 0 Å². The molecule has 1 aromatic carbocycles. The highest BCUT2D eigenvalue weighted by Gasteiger charge is 2.16. The molecule has 0 amide bonds. The summed E-state index contributed by atoms with van der Waals surface area (Å²) in [6.45, 7) is 2.91. The molecule has 0 aliphatic heterocycles. The summed E-state index contributed by atoms with van der Waals surface area (Å²) in [6, 6.07) is 6.07. The van der Waals surface area contributed by atoms with Crippen LogP contribution < -0.4 is 5.32 Å². The summed E-state index contributed by atoms with van der Waals surface area (Å²) in [5, 5.41) is 5.43. The maximum Gasteiger partial charge on any atom is 0.159 e. The molecule has 1 heterocycles. The van der Waals surface area contributed by atoms with E-state index in [1.54, 1.807) is 17.4 Å². The molecule has 2 rings (SSSR count). The summed E-state index contributed by atoms with van der Waals surface area (Å²) in [6.07, 6.45) is 0.988. The summed E-state index contributed by atoms with van der Waals surface area (Å²) in [5.74, 6) is -1.61. The topological polar surface area (TPSA) is 12.0 Å². The zero-order chi connectivity index (χ0) is 13.8. The van der Waals surface area contributed by atoms with Crippen LogP contribution in [0.2, 0.25) is 0 Å². The van der Waals surface area contributed by atoms with Crippen molar-refractivity contribution in [3.8, 4) is 0 Å². The van der Waals surface area contributed by atoms with Crippen LogP contribution in [0.1, 0.15) is 30.5 Å². The highest BCUT2D eigenvalue weighted by molar-refractivity contribution is 14.1. The smallest absolute Gasteiger partial charge is 0.159 e. The number of hydrogen-bond donors (Lipinski definition) is 1. The second-order valence-corrected chi connectivity index (χ2v) is 7.05. The van der Waals surface area contributed by atoms with E-state index >= 15 is 0 Å². The molecule has 2 aromatic rings. The Kier molecular flexibility index (Phi) is 5.29. The number of hydrogen-bond acceptors (Lipinski definition) is 2. The minimum Gasteiger partial charge on any atom is -0.306 e. The fourth-order valence-electron chi connectivity index (χ4n) is 1.88. The Labute approximate surface area is 129 Å². The SMILES string of the molecule is CCCNC(c1csc(I)c1)c1ccc(F)c(F)c1. The van der Waals surface area contributed by atoms with Crippen LogP contribution in [0.5, 0.6) is 0 Å². The van der Waals surface area contributed by atoms with Crippen molar-refractivity contribution >= 4 is 33.9 Å². The van der Waals surface area contributed by atoms with E-state index in [2.05, 4.69) is 46.3 Å². The molecule has 0 saturated heterocycles. The first-order valence-corrected chi connectivity index (χ1v) is 8.00. The molecule has 0 saturated carbocycles. The predicted molar refractivity (Wildman–Crippen MR) is 83.5 cm³/mol. The second kappa shape index (κ2) is 6.76. The number of thiophene rings is 1. The van der Waals surface area contributed by atoms with Crippen LogP contribution in [0.25, 0.3) is 0 Å². The normalized spacial score (nSPS) is 12.6. The first kappa shape index (κ1) is 14.9. The van der Waals surface area contributed by atoms with Gasteiger partial charge < -0.3 is 5.32 Å². The lowest BCUT2D eigenvalue weighted by Gasteiger charge is -2.18. The van der Waals surface area contributed by atoms with Crippen LogP contribution in [0.3, 0.4) is 0 Å². The Bertz CT molecular complexity index is 556. The van der Waals surface area contributed by atoms with Gasteiger partial charge in [-0.05, 0) is 70.3 Å². The van der Waals surface area contributed by atoms with E-state index in [4.69, 9.17) is 0 Å². The number of nitrogens with one attached hydrogen (secondary N) is 1. The molecule has 5 heteroatoms. The number of halogens is 3. The zero-order valence-corrected chi connectivity index (χ0v) is 13.4. The first-order chi connectivity index (χ1) is 9.11. The van der Waals surface area contributed by atoms with Crippen LogP contribution >= 0.6 is 33.9 Å². The van der Waals surface area contributed by atoms with Gasteiger partial charge in [-0.15, -0.1) is 11.3 Å². The molecule has 0 spiro atoms. The molecule has 1 aromatic heterocycles. The maximum absolute atomic E-state index is 13.4. The summed E-state index contributed by atoms with van der Waals surface area (Å²) >= 11 is 3.91. The highest BCUT2D eigenvalue weighted by Crippen LogP contribution is 2.28. The first-order valence-electron chi connectivity index (χ1n) is 6.04. The third-order valence-corrected chi connectivity index (χ3v) is 4.60. The van der Waals surface area contributed by atoms with Gasteiger partial charge in [-0.3, -0.25) is 0 Å². The van der Waals surface area contributed by atoms with Crippen molar-refractivity contribution in [2.24, 2.45) is 0 Å². The van der Waals surface area contributed by atoms with Crippen molar-refractivity contribution in [3.05, 3.63) is 55.3 Å². The van der Waals surface area contributed by atoms with Gasteiger partial charge in [-0.25, -0.2) is 8.78 Å². The van der Waals surface area contributed by atoms with Gasteiger partial charge in [0.1, 0.15) is 0 Å². The molecular weight excluding hydrogens is 379 g/mol. The van der Waals surface area contributed by atoms with E-state index in [0.29, 0.717) is 0 Å². The Balaban J connectivity index is 2.33. The van der Waals surface area contributed by atoms with Crippen LogP contribution in [0.15, 0.2) is 29.6 Å². The lowest BCUT2D eigenvalue weighted by molar-refractivity contribution is 0.503. The highest BCUT2D eigenvalue weighted by atomic mass is 127. The van der Waals surface area contributed by atoms with Crippen molar-refractivity contribution in [3.63, 3.8) is 0 Å². The monoisotopic (exact) mass is 393 g/mol. The third-order valence-electron chi connectivity index (χ3n) is 2.80. The van der Waals surface area contributed by atoms with Gasteiger partial charge in [-0.1, -0.05) is 13.0 Å². The van der Waals surface area contributed by atoms with Crippen molar-refractivity contribution in [2.45, 2.75) is 19.4 Å². The molecule has 0 radical (unpaired) electrons. The largest absolute Gasteiger partial charge is 0.306 e. The van der Waals surface area contributed by atoms with E-state index in [1.165, 1.54) is 15.0 Å². The van der Waals surface area contributed by atoms with E-state index in [9.17, 15) is 8.78 Å². The van der Waals surface area contributed by atoms with Gasteiger partial charge in [0, 0.05) is 0 Å².